The third-order valence-corrected chi connectivity index (χ3v) is 1.73. The number of primary amides is 1. The van der Waals surface area contributed by atoms with Gasteiger partial charge in [-0.1, -0.05) is 5.92 Å². The number of nitro groups is 1. The molecule has 1 heterocycles. The Morgan fingerprint density at radius 3 is 2.81 bits per heavy atom. The molecule has 0 saturated carbocycles. The Morgan fingerprint density at radius 2 is 2.31 bits per heavy atom. The Kier molecular flexibility index (Phi) is 3.56. The third-order valence-electron chi connectivity index (χ3n) is 1.73. The van der Waals surface area contributed by atoms with Crippen molar-refractivity contribution in [3.8, 4) is 11.8 Å². The van der Waals surface area contributed by atoms with Crippen LogP contribution in [0.1, 0.15) is 17.8 Å². The number of hydrogen-bond acceptors (Lipinski definition) is 4. The van der Waals surface area contributed by atoms with Crippen LogP contribution < -0.4 is 5.73 Å². The highest BCUT2D eigenvalue weighted by molar-refractivity contribution is 5.76. The van der Waals surface area contributed by atoms with E-state index < -0.39 is 10.8 Å². The molecular formula is C10H9N3O3. The first-order valence-corrected chi connectivity index (χ1v) is 4.40. The van der Waals surface area contributed by atoms with Gasteiger partial charge in [0.2, 0.25) is 5.91 Å². The fraction of sp³-hybridized carbons (Fsp3) is 0.200. The minimum absolute atomic E-state index is 0.0551. The summed E-state index contributed by atoms with van der Waals surface area (Å²) < 4.78 is 0. The Morgan fingerprint density at radius 1 is 1.62 bits per heavy atom. The summed E-state index contributed by atoms with van der Waals surface area (Å²) in [5.74, 6) is 4.60. The first kappa shape index (κ1) is 11.7. The van der Waals surface area contributed by atoms with E-state index in [9.17, 15) is 14.9 Å². The summed E-state index contributed by atoms with van der Waals surface area (Å²) in [4.78, 5) is 24.3. The predicted octanol–water partition coefficient (Wildman–Crippen LogP) is 0.525. The molecule has 0 saturated heterocycles. The lowest BCUT2D eigenvalue weighted by Gasteiger charge is -1.95. The van der Waals surface area contributed by atoms with E-state index in [0.29, 0.717) is 5.69 Å². The van der Waals surface area contributed by atoms with Crippen LogP contribution in [0.2, 0.25) is 0 Å². The molecule has 0 bridgehead atoms. The van der Waals surface area contributed by atoms with Gasteiger partial charge in [-0.25, -0.2) is 4.98 Å². The first-order valence-electron chi connectivity index (χ1n) is 4.40. The summed E-state index contributed by atoms with van der Waals surface area (Å²) in [6, 6.07) is 2.76. The molecule has 1 amide bonds. The SMILES string of the molecule is Cc1nc(C#CCC(N)=O)ccc1[N+](=O)[O-]. The molecule has 1 rings (SSSR count). The quantitative estimate of drug-likeness (QED) is 0.445. The number of nitrogens with zero attached hydrogens (tertiary/aromatic N) is 2. The predicted molar refractivity (Wildman–Crippen MR) is 56.3 cm³/mol. The van der Waals surface area contributed by atoms with Crippen molar-refractivity contribution in [3.63, 3.8) is 0 Å². The van der Waals surface area contributed by atoms with Crippen LogP contribution in [-0.4, -0.2) is 15.8 Å². The maximum atomic E-state index is 10.5. The largest absolute Gasteiger partial charge is 0.369 e. The van der Waals surface area contributed by atoms with E-state index in [1.807, 2.05) is 0 Å². The lowest BCUT2D eigenvalue weighted by Crippen LogP contribution is -2.08. The van der Waals surface area contributed by atoms with Crippen molar-refractivity contribution in [1.82, 2.24) is 4.98 Å². The molecule has 0 aliphatic heterocycles. The molecule has 82 valence electrons. The van der Waals surface area contributed by atoms with Gasteiger partial charge in [-0.2, -0.15) is 0 Å². The van der Waals surface area contributed by atoms with Crippen molar-refractivity contribution in [2.45, 2.75) is 13.3 Å². The van der Waals surface area contributed by atoms with Crippen LogP contribution in [0, 0.1) is 28.9 Å². The van der Waals surface area contributed by atoms with E-state index >= 15 is 0 Å². The van der Waals surface area contributed by atoms with Crippen LogP contribution in [0.15, 0.2) is 12.1 Å². The van der Waals surface area contributed by atoms with E-state index in [4.69, 9.17) is 5.73 Å². The van der Waals surface area contributed by atoms with Crippen molar-refractivity contribution < 1.29 is 9.72 Å². The standard InChI is InChI=1S/C10H9N3O3/c1-7-9(13(15)16)6-5-8(12-7)3-2-4-10(11)14/h5-6H,4H2,1H3,(H2,11,14). The molecule has 0 aliphatic carbocycles. The van der Waals surface area contributed by atoms with Crippen molar-refractivity contribution >= 4 is 11.6 Å². The number of hydrogen-bond donors (Lipinski definition) is 1. The Bertz CT molecular complexity index is 500. The molecule has 0 fully saturated rings. The van der Waals surface area contributed by atoms with Crippen LogP contribution in [0.4, 0.5) is 5.69 Å². The molecule has 0 aromatic carbocycles. The van der Waals surface area contributed by atoms with E-state index in [1.165, 1.54) is 19.1 Å². The summed E-state index contributed by atoms with van der Waals surface area (Å²) in [5, 5.41) is 10.5. The van der Waals surface area contributed by atoms with Gasteiger partial charge >= 0.3 is 0 Å². The van der Waals surface area contributed by atoms with Crippen molar-refractivity contribution in [2.75, 3.05) is 0 Å². The Labute approximate surface area is 91.6 Å². The lowest BCUT2D eigenvalue weighted by molar-refractivity contribution is -0.385. The molecule has 0 radical (unpaired) electrons. The molecule has 0 spiro atoms. The second kappa shape index (κ2) is 4.89. The number of carbonyl (C=O) groups excluding carboxylic acids is 1. The van der Waals surface area contributed by atoms with Crippen molar-refractivity contribution in [1.29, 1.82) is 0 Å². The molecule has 1 aromatic heterocycles. The summed E-state index contributed by atoms with van der Waals surface area (Å²) in [6.45, 7) is 1.53. The summed E-state index contributed by atoms with van der Waals surface area (Å²) >= 11 is 0. The Hall–Kier alpha value is -2.42. The molecule has 0 atom stereocenters. The van der Waals surface area contributed by atoms with E-state index in [-0.39, 0.29) is 17.8 Å². The molecule has 0 aliphatic rings. The minimum atomic E-state index is -0.522. The molecule has 2 N–H and O–H groups in total. The average molecular weight is 219 g/mol. The number of pyridine rings is 1. The number of aryl methyl sites for hydroxylation is 1. The zero-order valence-electron chi connectivity index (χ0n) is 8.56. The van der Waals surface area contributed by atoms with Gasteiger partial charge in [0.25, 0.3) is 5.69 Å². The van der Waals surface area contributed by atoms with Gasteiger partial charge < -0.3 is 5.73 Å². The molecule has 6 heteroatoms. The van der Waals surface area contributed by atoms with Gasteiger partial charge in [-0.15, -0.1) is 0 Å². The summed E-state index contributed by atoms with van der Waals surface area (Å²) in [7, 11) is 0. The second-order valence-corrected chi connectivity index (χ2v) is 3.00. The van der Waals surface area contributed by atoms with Gasteiger partial charge in [0, 0.05) is 6.07 Å². The zero-order valence-corrected chi connectivity index (χ0v) is 8.56. The molecule has 6 nitrogen and oxygen atoms in total. The number of nitrogens with two attached hydrogens (primary N) is 1. The van der Waals surface area contributed by atoms with Gasteiger partial charge in [0.15, 0.2) is 0 Å². The highest BCUT2D eigenvalue weighted by Crippen LogP contribution is 2.14. The minimum Gasteiger partial charge on any atom is -0.369 e. The number of carbonyl (C=O) groups is 1. The molecule has 16 heavy (non-hydrogen) atoms. The molecule has 0 unspecified atom stereocenters. The second-order valence-electron chi connectivity index (χ2n) is 3.00. The summed E-state index contributed by atoms with van der Waals surface area (Å²) in [5.41, 5.74) is 5.51. The van der Waals surface area contributed by atoms with Crippen LogP contribution in [0.3, 0.4) is 0 Å². The zero-order chi connectivity index (χ0) is 12.1. The van der Waals surface area contributed by atoms with Crippen LogP contribution >= 0.6 is 0 Å². The van der Waals surface area contributed by atoms with Gasteiger partial charge in [-0.3, -0.25) is 14.9 Å². The van der Waals surface area contributed by atoms with Crippen molar-refractivity contribution in [3.05, 3.63) is 33.6 Å². The maximum Gasteiger partial charge on any atom is 0.290 e. The van der Waals surface area contributed by atoms with Crippen LogP contribution in [0.25, 0.3) is 0 Å². The Balaban J connectivity index is 2.92. The molecular weight excluding hydrogens is 210 g/mol. The highest BCUT2D eigenvalue weighted by atomic mass is 16.6. The lowest BCUT2D eigenvalue weighted by atomic mass is 10.2. The fourth-order valence-corrected chi connectivity index (χ4v) is 1.04. The van der Waals surface area contributed by atoms with E-state index in [1.54, 1.807) is 0 Å². The van der Waals surface area contributed by atoms with Gasteiger partial charge in [0.05, 0.1) is 11.3 Å². The van der Waals surface area contributed by atoms with E-state index in [2.05, 4.69) is 16.8 Å². The smallest absolute Gasteiger partial charge is 0.290 e. The van der Waals surface area contributed by atoms with Crippen molar-refractivity contribution in [2.24, 2.45) is 5.73 Å². The monoisotopic (exact) mass is 219 g/mol. The highest BCUT2D eigenvalue weighted by Gasteiger charge is 2.10. The average Bonchev–Trinajstić information content (AvgIpc) is 2.16. The number of amides is 1. The number of rotatable bonds is 2. The first-order chi connectivity index (χ1) is 7.50. The maximum absolute atomic E-state index is 10.5. The third kappa shape index (κ3) is 3.06. The van der Waals surface area contributed by atoms with Crippen LogP contribution in [0.5, 0.6) is 0 Å². The van der Waals surface area contributed by atoms with E-state index in [0.717, 1.165) is 0 Å². The van der Waals surface area contributed by atoms with Crippen LogP contribution in [-0.2, 0) is 4.79 Å². The fourth-order valence-electron chi connectivity index (χ4n) is 1.04. The van der Waals surface area contributed by atoms with Gasteiger partial charge in [0.1, 0.15) is 11.4 Å². The topological polar surface area (TPSA) is 99.1 Å². The number of aromatic nitrogens is 1. The normalized spacial score (nSPS) is 9.06. The summed E-state index contributed by atoms with van der Waals surface area (Å²) in [6.07, 6.45) is -0.0578. The molecule has 1 aromatic rings. The van der Waals surface area contributed by atoms with Gasteiger partial charge in [-0.05, 0) is 18.9 Å².